The van der Waals surface area contributed by atoms with Gasteiger partial charge in [-0.2, -0.15) is 0 Å². The van der Waals surface area contributed by atoms with Crippen molar-refractivity contribution in [3.05, 3.63) is 313 Å². The molecule has 350 valence electrons. The lowest BCUT2D eigenvalue weighted by Crippen LogP contribution is -2.26. The van der Waals surface area contributed by atoms with Crippen LogP contribution in [0.4, 0.5) is 17.1 Å². The summed E-state index contributed by atoms with van der Waals surface area (Å²) in [5.74, 6) is 0. The fourth-order valence-corrected chi connectivity index (χ4v) is 12.7. The van der Waals surface area contributed by atoms with Gasteiger partial charge in [0, 0.05) is 33.4 Å². The van der Waals surface area contributed by atoms with E-state index in [1.54, 1.807) is 0 Å². The van der Waals surface area contributed by atoms with Crippen molar-refractivity contribution in [2.75, 3.05) is 4.90 Å². The summed E-state index contributed by atoms with van der Waals surface area (Å²) in [7, 11) is 0. The molecule has 2 nitrogen and oxygen atoms in total. The molecule has 0 saturated heterocycles. The Morgan fingerprint density at radius 1 is 0.240 bits per heavy atom. The van der Waals surface area contributed by atoms with Crippen molar-refractivity contribution >= 4 is 38.9 Å². The molecule has 0 amide bonds. The first kappa shape index (κ1) is 42.9. The van der Waals surface area contributed by atoms with Crippen LogP contribution >= 0.6 is 0 Å². The molecule has 0 unspecified atom stereocenters. The van der Waals surface area contributed by atoms with Gasteiger partial charge in [-0.3, -0.25) is 0 Å². The molecule has 0 atom stereocenters. The number of benzene rings is 12. The topological polar surface area (TPSA) is 8.17 Å². The maximum Gasteiger partial charge on any atom is 0.0726 e. The van der Waals surface area contributed by atoms with Gasteiger partial charge >= 0.3 is 0 Å². The van der Waals surface area contributed by atoms with Crippen LogP contribution in [-0.2, 0) is 5.41 Å². The number of aromatic nitrogens is 1. The maximum atomic E-state index is 2.48. The molecule has 0 aliphatic heterocycles. The Balaban J connectivity index is 0.824. The molecule has 1 aromatic heterocycles. The van der Waals surface area contributed by atoms with Gasteiger partial charge in [-0.05, 0) is 138 Å². The Bertz CT molecular complexity index is 4200. The van der Waals surface area contributed by atoms with Crippen molar-refractivity contribution in [1.29, 1.82) is 0 Å². The van der Waals surface area contributed by atoms with E-state index in [1.807, 2.05) is 0 Å². The van der Waals surface area contributed by atoms with Gasteiger partial charge in [0.05, 0.1) is 22.1 Å². The zero-order valence-corrected chi connectivity index (χ0v) is 41.1. The summed E-state index contributed by atoms with van der Waals surface area (Å²) in [4.78, 5) is 2.43. The molecule has 13 aromatic rings. The highest BCUT2D eigenvalue weighted by atomic mass is 15.1. The molecule has 1 heterocycles. The molecule has 75 heavy (non-hydrogen) atoms. The summed E-state index contributed by atoms with van der Waals surface area (Å²) in [6.45, 7) is 0. The van der Waals surface area contributed by atoms with E-state index >= 15 is 0 Å². The number of rotatable bonds is 8. The number of nitrogens with zero attached hydrogens (tertiary/aromatic N) is 2. The third kappa shape index (κ3) is 6.66. The fraction of sp³-hybridized carbons (Fsp3) is 0.0137. The van der Waals surface area contributed by atoms with Gasteiger partial charge in [0.25, 0.3) is 0 Å². The van der Waals surface area contributed by atoms with Crippen LogP contribution in [0.15, 0.2) is 291 Å². The Morgan fingerprint density at radius 2 is 0.587 bits per heavy atom. The molecular formula is C73H48N2. The number of hydrogen-bond acceptors (Lipinski definition) is 1. The van der Waals surface area contributed by atoms with E-state index in [4.69, 9.17) is 0 Å². The molecule has 2 aliphatic rings. The van der Waals surface area contributed by atoms with Crippen LogP contribution in [0.2, 0.25) is 0 Å². The zero-order chi connectivity index (χ0) is 49.5. The van der Waals surface area contributed by atoms with Crippen LogP contribution in [0.5, 0.6) is 0 Å². The number of anilines is 3. The summed E-state index contributed by atoms with van der Waals surface area (Å²) >= 11 is 0. The van der Waals surface area contributed by atoms with Gasteiger partial charge in [-0.1, -0.05) is 237 Å². The molecule has 0 radical (unpaired) electrons. The van der Waals surface area contributed by atoms with Crippen LogP contribution in [0.3, 0.4) is 0 Å². The smallest absolute Gasteiger partial charge is 0.0726 e. The predicted octanol–water partition coefficient (Wildman–Crippen LogP) is 19.3. The Hall–Kier alpha value is -9.76. The summed E-state index contributed by atoms with van der Waals surface area (Å²) in [6.07, 6.45) is 0. The summed E-state index contributed by atoms with van der Waals surface area (Å²) in [5.41, 5.74) is 26.5. The van der Waals surface area contributed by atoms with Crippen LogP contribution in [0.25, 0.3) is 94.3 Å². The van der Waals surface area contributed by atoms with E-state index in [9.17, 15) is 0 Å². The Morgan fingerprint density at radius 3 is 1.08 bits per heavy atom. The van der Waals surface area contributed by atoms with Gasteiger partial charge in [-0.25, -0.2) is 0 Å². The normalized spacial score (nSPS) is 12.6. The second-order valence-electron chi connectivity index (χ2n) is 20.0. The molecule has 12 aromatic carbocycles. The molecule has 0 bridgehead atoms. The van der Waals surface area contributed by atoms with Crippen molar-refractivity contribution in [3.8, 4) is 72.4 Å². The molecular weight excluding hydrogens is 905 g/mol. The second-order valence-corrected chi connectivity index (χ2v) is 20.0. The van der Waals surface area contributed by atoms with Crippen LogP contribution in [0, 0.1) is 0 Å². The SMILES string of the molecule is c1ccc(-c2ccc(-c3ccc(N(c4ccc(-c5ccc(-c6ccccc6-n6c7ccccc7c7ccccc76)cc5)cc4)c4ccc5c(c4)C4(c6ccccc6-c6ccccc64)c4ccccc4-5)cc3)cc2)cc1. The lowest BCUT2D eigenvalue weighted by atomic mass is 9.70. The van der Waals surface area contributed by atoms with Crippen LogP contribution in [-0.4, -0.2) is 4.57 Å². The van der Waals surface area contributed by atoms with Crippen molar-refractivity contribution in [3.63, 3.8) is 0 Å². The lowest BCUT2D eigenvalue weighted by molar-refractivity contribution is 0.793. The van der Waals surface area contributed by atoms with Crippen molar-refractivity contribution in [2.45, 2.75) is 5.41 Å². The fourth-order valence-electron chi connectivity index (χ4n) is 12.7. The van der Waals surface area contributed by atoms with Crippen molar-refractivity contribution in [2.24, 2.45) is 0 Å². The highest BCUT2D eigenvalue weighted by molar-refractivity contribution is 6.10. The largest absolute Gasteiger partial charge is 0.310 e. The lowest BCUT2D eigenvalue weighted by Gasteiger charge is -2.32. The molecule has 0 fully saturated rings. The summed E-state index contributed by atoms with van der Waals surface area (Å²) < 4.78 is 2.42. The van der Waals surface area contributed by atoms with E-state index in [1.165, 1.54) is 111 Å². The predicted molar refractivity (Wildman–Crippen MR) is 314 cm³/mol. The minimum Gasteiger partial charge on any atom is -0.310 e. The molecule has 1 spiro atoms. The summed E-state index contributed by atoms with van der Waals surface area (Å²) in [5, 5.41) is 2.52. The van der Waals surface area contributed by atoms with Crippen LogP contribution in [0.1, 0.15) is 22.3 Å². The molecule has 15 rings (SSSR count). The third-order valence-electron chi connectivity index (χ3n) is 16.1. The Kier molecular flexibility index (Phi) is 9.83. The first-order valence-electron chi connectivity index (χ1n) is 26.0. The van der Waals surface area contributed by atoms with E-state index in [0.29, 0.717) is 0 Å². The highest BCUT2D eigenvalue weighted by Gasteiger charge is 2.51. The van der Waals surface area contributed by atoms with E-state index < -0.39 is 5.41 Å². The summed E-state index contributed by atoms with van der Waals surface area (Å²) in [6, 6.07) is 107. The van der Waals surface area contributed by atoms with E-state index in [2.05, 4.69) is 301 Å². The molecule has 2 aliphatic carbocycles. The van der Waals surface area contributed by atoms with E-state index in [-0.39, 0.29) is 0 Å². The first-order chi connectivity index (χ1) is 37.2. The maximum absolute atomic E-state index is 2.48. The zero-order valence-electron chi connectivity index (χ0n) is 41.1. The van der Waals surface area contributed by atoms with Crippen molar-refractivity contribution in [1.82, 2.24) is 4.57 Å². The standard InChI is InChI=1S/C73H48N2/c1-2-16-49(17-3-1)50-30-32-51(33-31-50)53-38-42-56(43-39-53)74(58-46-47-63-62-21-6-12-26-68(62)73(69(63)48-58)66-24-10-4-19-60(66)61-20-5-11-25-67(61)73)57-44-40-54(41-45-57)52-34-36-55(37-35-52)59-18-7-13-27-70(59)75-71-28-14-8-22-64(71)65-23-9-15-29-72(65)75/h1-48H. The van der Waals surface area contributed by atoms with Gasteiger partial charge in [0.15, 0.2) is 0 Å². The monoisotopic (exact) mass is 952 g/mol. The van der Waals surface area contributed by atoms with Crippen molar-refractivity contribution < 1.29 is 0 Å². The first-order valence-corrected chi connectivity index (χ1v) is 26.0. The molecule has 0 N–H and O–H groups in total. The third-order valence-corrected chi connectivity index (χ3v) is 16.1. The van der Waals surface area contributed by atoms with Gasteiger partial charge in [0.2, 0.25) is 0 Å². The highest BCUT2D eigenvalue weighted by Crippen LogP contribution is 2.63. The molecule has 0 saturated carbocycles. The van der Waals surface area contributed by atoms with Crippen LogP contribution < -0.4 is 4.90 Å². The van der Waals surface area contributed by atoms with Gasteiger partial charge < -0.3 is 9.47 Å². The average Bonchev–Trinajstić information content (AvgIpc) is 4.23. The van der Waals surface area contributed by atoms with Gasteiger partial charge in [-0.15, -0.1) is 0 Å². The minimum atomic E-state index is -0.448. The quantitative estimate of drug-likeness (QED) is 0.147. The van der Waals surface area contributed by atoms with E-state index in [0.717, 1.165) is 22.6 Å². The number of para-hydroxylation sites is 3. The Labute approximate surface area is 437 Å². The number of hydrogen-bond donors (Lipinski definition) is 0. The minimum absolute atomic E-state index is 0.448. The van der Waals surface area contributed by atoms with Gasteiger partial charge in [0.1, 0.15) is 0 Å². The number of fused-ring (bicyclic) bond motifs is 13. The molecule has 2 heteroatoms. The second kappa shape index (κ2) is 17.2. The average molecular weight is 953 g/mol.